The Bertz CT molecular complexity index is 481. The molecule has 1 N–H and O–H groups in total. The van der Waals surface area contributed by atoms with Crippen molar-refractivity contribution < 1.29 is 17.8 Å². The zero-order chi connectivity index (χ0) is 15.3. The van der Waals surface area contributed by atoms with Gasteiger partial charge in [0, 0.05) is 19.3 Å². The summed E-state index contributed by atoms with van der Waals surface area (Å²) in [7, 11) is -4.37. The number of likely N-dealkylation sites (tertiary alicyclic amines) is 1. The normalized spacial score (nSPS) is 16.8. The fourth-order valence-electron chi connectivity index (χ4n) is 2.28. The van der Waals surface area contributed by atoms with Crippen molar-refractivity contribution in [2.75, 3.05) is 13.1 Å². The minimum Gasteiger partial charge on any atom is -0.368 e. The van der Waals surface area contributed by atoms with Crippen molar-refractivity contribution in [3.63, 3.8) is 0 Å². The molecule has 0 bridgehead atoms. The number of hydrogen-bond donors (Lipinski definition) is 1. The Morgan fingerprint density at radius 1 is 1.45 bits per heavy atom. The van der Waals surface area contributed by atoms with Crippen LogP contribution in [0.25, 0.3) is 0 Å². The fraction of sp³-hybridized carbons (Fsp3) is 0.615. The van der Waals surface area contributed by atoms with Crippen LogP contribution in [0.1, 0.15) is 32.6 Å². The summed E-state index contributed by atoms with van der Waals surface area (Å²) in [6, 6.07) is 0. The highest BCUT2D eigenvalue weighted by Crippen LogP contribution is 2.20. The molecule has 1 fully saturated rings. The number of amides is 1. The van der Waals surface area contributed by atoms with Crippen molar-refractivity contribution in [3.8, 4) is 0 Å². The van der Waals surface area contributed by atoms with Gasteiger partial charge in [0.15, 0.2) is 5.37 Å². The Balaban J connectivity index is 2.94. The lowest BCUT2D eigenvalue weighted by Crippen LogP contribution is -2.44. The SMILES string of the molecule is C=CN(C(=O)C(=C)N1CCCC1)C(CCC)S(=O)(=O)O. The van der Waals surface area contributed by atoms with Gasteiger partial charge in [0.2, 0.25) is 0 Å². The molecule has 0 saturated carbocycles. The molecule has 0 aromatic heterocycles. The van der Waals surface area contributed by atoms with Crippen LogP contribution >= 0.6 is 0 Å². The van der Waals surface area contributed by atoms with E-state index in [1.54, 1.807) is 6.92 Å². The van der Waals surface area contributed by atoms with Gasteiger partial charge in [-0.2, -0.15) is 8.42 Å². The monoisotopic (exact) mass is 302 g/mol. The van der Waals surface area contributed by atoms with Crippen LogP contribution in [0.4, 0.5) is 0 Å². The third-order valence-electron chi connectivity index (χ3n) is 3.36. The summed E-state index contributed by atoms with van der Waals surface area (Å²) in [6.45, 7) is 10.5. The third-order valence-corrected chi connectivity index (χ3v) is 4.51. The largest absolute Gasteiger partial charge is 0.368 e. The molecule has 114 valence electrons. The third kappa shape index (κ3) is 3.83. The first-order valence-corrected chi connectivity index (χ1v) is 8.18. The Kier molecular flexibility index (Phi) is 5.76. The highest BCUT2D eigenvalue weighted by molar-refractivity contribution is 7.86. The van der Waals surface area contributed by atoms with Crippen molar-refractivity contribution in [2.24, 2.45) is 0 Å². The number of carbonyl (C=O) groups excluding carboxylic acids is 1. The topological polar surface area (TPSA) is 77.9 Å². The summed E-state index contributed by atoms with van der Waals surface area (Å²) in [5.41, 5.74) is 0.243. The zero-order valence-corrected chi connectivity index (χ0v) is 12.6. The Labute approximate surface area is 120 Å². The number of carbonyl (C=O) groups is 1. The smallest absolute Gasteiger partial charge is 0.286 e. The summed E-state index contributed by atoms with van der Waals surface area (Å²) in [5, 5.41) is -1.31. The molecular formula is C13H22N2O4S. The maximum Gasteiger partial charge on any atom is 0.286 e. The van der Waals surface area contributed by atoms with Gasteiger partial charge in [0.05, 0.1) is 5.70 Å². The second-order valence-electron chi connectivity index (χ2n) is 4.79. The highest BCUT2D eigenvalue weighted by Gasteiger charge is 2.33. The summed E-state index contributed by atoms with van der Waals surface area (Å²) in [6.07, 6.45) is 3.76. The van der Waals surface area contributed by atoms with Gasteiger partial charge >= 0.3 is 0 Å². The van der Waals surface area contributed by atoms with Crippen LogP contribution in [0.5, 0.6) is 0 Å². The lowest BCUT2D eigenvalue weighted by molar-refractivity contribution is -0.127. The maximum atomic E-state index is 12.4. The first kappa shape index (κ1) is 16.7. The van der Waals surface area contributed by atoms with Crippen LogP contribution in [0.3, 0.4) is 0 Å². The summed E-state index contributed by atoms with van der Waals surface area (Å²) in [4.78, 5) is 15.1. The van der Waals surface area contributed by atoms with Gasteiger partial charge in [0.1, 0.15) is 0 Å². The van der Waals surface area contributed by atoms with E-state index < -0.39 is 21.4 Å². The maximum absolute atomic E-state index is 12.4. The lowest BCUT2D eigenvalue weighted by atomic mass is 10.3. The molecule has 1 aliphatic heterocycles. The predicted octanol–water partition coefficient (Wildman–Crippen LogP) is 1.58. The molecule has 1 heterocycles. The van der Waals surface area contributed by atoms with Crippen LogP contribution in [0.2, 0.25) is 0 Å². The van der Waals surface area contributed by atoms with Crippen LogP contribution in [-0.4, -0.2) is 47.1 Å². The molecule has 1 atom stereocenters. The first-order chi connectivity index (χ1) is 9.32. The van der Waals surface area contributed by atoms with E-state index in [-0.39, 0.29) is 12.1 Å². The van der Waals surface area contributed by atoms with E-state index in [0.717, 1.165) is 37.0 Å². The van der Waals surface area contributed by atoms with Crippen molar-refractivity contribution in [2.45, 2.75) is 38.0 Å². The van der Waals surface area contributed by atoms with E-state index in [9.17, 15) is 17.8 Å². The van der Waals surface area contributed by atoms with E-state index in [1.165, 1.54) is 0 Å². The quantitative estimate of drug-likeness (QED) is 0.570. The van der Waals surface area contributed by atoms with Crippen LogP contribution in [-0.2, 0) is 14.9 Å². The molecule has 6 nitrogen and oxygen atoms in total. The Morgan fingerprint density at radius 2 is 2.00 bits per heavy atom. The van der Waals surface area contributed by atoms with Crippen molar-refractivity contribution in [1.82, 2.24) is 9.80 Å². The molecule has 7 heteroatoms. The zero-order valence-electron chi connectivity index (χ0n) is 11.8. The molecule has 0 aromatic carbocycles. The molecular weight excluding hydrogens is 280 g/mol. The molecule has 1 amide bonds. The van der Waals surface area contributed by atoms with E-state index in [1.807, 2.05) is 4.90 Å². The van der Waals surface area contributed by atoms with Gasteiger partial charge in [-0.05, 0) is 19.3 Å². The highest BCUT2D eigenvalue weighted by atomic mass is 32.2. The summed E-state index contributed by atoms with van der Waals surface area (Å²) >= 11 is 0. The van der Waals surface area contributed by atoms with E-state index in [4.69, 9.17) is 0 Å². The number of rotatable bonds is 7. The van der Waals surface area contributed by atoms with Gasteiger partial charge in [-0.25, -0.2) is 0 Å². The second-order valence-corrected chi connectivity index (χ2v) is 6.37. The molecule has 0 spiro atoms. The second kappa shape index (κ2) is 6.90. The van der Waals surface area contributed by atoms with Crippen LogP contribution < -0.4 is 0 Å². The Hall–Kier alpha value is -1.34. The van der Waals surface area contributed by atoms with Gasteiger partial charge < -0.3 is 4.90 Å². The molecule has 1 unspecified atom stereocenters. The molecule has 1 saturated heterocycles. The molecule has 0 aromatic rings. The minimum absolute atomic E-state index is 0.143. The minimum atomic E-state index is -4.37. The average molecular weight is 302 g/mol. The lowest BCUT2D eigenvalue weighted by Gasteiger charge is -2.29. The number of nitrogens with zero attached hydrogens (tertiary/aromatic N) is 2. The first-order valence-electron chi connectivity index (χ1n) is 6.68. The van der Waals surface area contributed by atoms with Gasteiger partial charge in [-0.1, -0.05) is 26.5 Å². The van der Waals surface area contributed by atoms with Crippen LogP contribution in [0.15, 0.2) is 25.1 Å². The van der Waals surface area contributed by atoms with E-state index in [2.05, 4.69) is 13.2 Å². The predicted molar refractivity (Wildman–Crippen MR) is 77.2 cm³/mol. The van der Waals surface area contributed by atoms with Gasteiger partial charge in [0.25, 0.3) is 16.0 Å². The van der Waals surface area contributed by atoms with Crippen molar-refractivity contribution in [1.29, 1.82) is 0 Å². The van der Waals surface area contributed by atoms with Crippen molar-refractivity contribution >= 4 is 16.0 Å². The molecule has 20 heavy (non-hydrogen) atoms. The van der Waals surface area contributed by atoms with Crippen molar-refractivity contribution in [3.05, 3.63) is 25.1 Å². The molecule has 1 rings (SSSR count). The molecule has 0 radical (unpaired) electrons. The van der Waals surface area contributed by atoms with E-state index in [0.29, 0.717) is 6.42 Å². The van der Waals surface area contributed by atoms with E-state index >= 15 is 0 Å². The summed E-state index contributed by atoms with van der Waals surface area (Å²) < 4.78 is 32.2. The average Bonchev–Trinajstić information content (AvgIpc) is 2.90. The molecule has 1 aliphatic rings. The Morgan fingerprint density at radius 3 is 2.40 bits per heavy atom. The fourth-order valence-corrected chi connectivity index (χ4v) is 3.28. The van der Waals surface area contributed by atoms with Crippen LogP contribution in [0, 0.1) is 0 Å². The standard InChI is InChI=1S/C13H22N2O4S/c1-4-8-12(20(17,18)19)15(5-2)13(16)11(3)14-9-6-7-10-14/h5,12H,2-4,6-10H2,1H3,(H,17,18,19). The number of hydrogen-bond acceptors (Lipinski definition) is 4. The molecule has 0 aliphatic carbocycles. The van der Waals surface area contributed by atoms with Gasteiger partial charge in [-0.3, -0.25) is 14.2 Å². The summed E-state index contributed by atoms with van der Waals surface area (Å²) in [5.74, 6) is -0.530. The van der Waals surface area contributed by atoms with Gasteiger partial charge in [-0.15, -0.1) is 0 Å².